The lowest BCUT2D eigenvalue weighted by Crippen LogP contribution is -2.57. The molecule has 0 spiro atoms. The first kappa shape index (κ1) is 11.9. The summed E-state index contributed by atoms with van der Waals surface area (Å²) in [5.74, 6) is -0.484. The summed E-state index contributed by atoms with van der Waals surface area (Å²) in [6, 6.07) is 4.38. The van der Waals surface area contributed by atoms with Crippen molar-refractivity contribution in [1.29, 1.82) is 0 Å². The molecule has 1 N–H and O–H groups in total. The normalized spacial score (nSPS) is 15.2. The van der Waals surface area contributed by atoms with E-state index in [1.54, 1.807) is 11.9 Å². The summed E-state index contributed by atoms with van der Waals surface area (Å²) in [5.41, 5.74) is 0.442. The van der Waals surface area contributed by atoms with Gasteiger partial charge in [-0.2, -0.15) is 0 Å². The fraction of sp³-hybridized carbons (Fsp3) is 0.417. The number of amides is 1. The highest BCUT2D eigenvalue weighted by atomic mass is 19.1. The number of carbonyl (C=O) groups excluding carboxylic acids is 1. The molecule has 1 saturated heterocycles. The van der Waals surface area contributed by atoms with E-state index in [4.69, 9.17) is 4.74 Å². The first-order valence-corrected chi connectivity index (χ1v) is 5.45. The number of nitrogens with zero attached hydrogens (tertiary/aromatic N) is 1. The summed E-state index contributed by atoms with van der Waals surface area (Å²) >= 11 is 0. The summed E-state index contributed by atoms with van der Waals surface area (Å²) in [6.07, 6.45) is 0. The van der Waals surface area contributed by atoms with Crippen LogP contribution in [0.25, 0.3) is 0 Å². The predicted octanol–water partition coefficient (Wildman–Crippen LogP) is 0.878. The van der Waals surface area contributed by atoms with E-state index in [2.05, 4.69) is 5.32 Å². The molecule has 1 amide bonds. The van der Waals surface area contributed by atoms with Crippen LogP contribution in [0.2, 0.25) is 0 Å². The topological polar surface area (TPSA) is 41.6 Å². The highest BCUT2D eigenvalue weighted by molar-refractivity contribution is 5.94. The number of nitrogens with one attached hydrogen (secondary N) is 1. The van der Waals surface area contributed by atoms with Gasteiger partial charge in [0.1, 0.15) is 0 Å². The van der Waals surface area contributed by atoms with Crippen molar-refractivity contribution < 1.29 is 13.9 Å². The molecule has 17 heavy (non-hydrogen) atoms. The van der Waals surface area contributed by atoms with Crippen molar-refractivity contribution in [2.75, 3.05) is 27.2 Å². The predicted molar refractivity (Wildman–Crippen MR) is 61.7 cm³/mol. The Morgan fingerprint density at radius 1 is 1.53 bits per heavy atom. The van der Waals surface area contributed by atoms with E-state index in [0.717, 1.165) is 13.1 Å². The second-order valence-electron chi connectivity index (χ2n) is 4.08. The largest absolute Gasteiger partial charge is 0.494 e. The minimum atomic E-state index is -0.461. The molecule has 0 radical (unpaired) electrons. The number of hydrogen-bond acceptors (Lipinski definition) is 3. The van der Waals surface area contributed by atoms with Crippen LogP contribution in [-0.4, -0.2) is 44.1 Å². The van der Waals surface area contributed by atoms with Crippen LogP contribution in [0.3, 0.4) is 0 Å². The van der Waals surface area contributed by atoms with Gasteiger partial charge in [-0.15, -0.1) is 0 Å². The summed E-state index contributed by atoms with van der Waals surface area (Å²) in [5, 5.41) is 3.10. The average molecular weight is 238 g/mol. The zero-order chi connectivity index (χ0) is 12.4. The molecular weight excluding hydrogens is 223 g/mol. The Bertz CT molecular complexity index is 433. The van der Waals surface area contributed by atoms with E-state index >= 15 is 0 Å². The van der Waals surface area contributed by atoms with Crippen LogP contribution in [0.5, 0.6) is 5.75 Å². The molecule has 5 heteroatoms. The van der Waals surface area contributed by atoms with Crippen LogP contribution in [0.4, 0.5) is 4.39 Å². The third-order valence-corrected chi connectivity index (χ3v) is 3.03. The molecule has 0 unspecified atom stereocenters. The van der Waals surface area contributed by atoms with Crippen LogP contribution in [0, 0.1) is 5.82 Å². The standard InChI is InChI=1S/C12H15FN2O2/c1-15(9-6-14-7-9)12(16)8-3-4-10(13)11(5-8)17-2/h3-5,9,14H,6-7H2,1-2H3. The fourth-order valence-corrected chi connectivity index (χ4v) is 1.71. The van der Waals surface area contributed by atoms with Gasteiger partial charge in [0.15, 0.2) is 11.6 Å². The minimum absolute atomic E-state index is 0.0935. The highest BCUT2D eigenvalue weighted by Crippen LogP contribution is 2.19. The zero-order valence-electron chi connectivity index (χ0n) is 9.87. The highest BCUT2D eigenvalue weighted by Gasteiger charge is 2.26. The molecule has 0 saturated carbocycles. The third kappa shape index (κ3) is 2.24. The van der Waals surface area contributed by atoms with E-state index in [1.807, 2.05) is 0 Å². The van der Waals surface area contributed by atoms with E-state index in [0.29, 0.717) is 5.56 Å². The zero-order valence-corrected chi connectivity index (χ0v) is 9.87. The first-order chi connectivity index (χ1) is 8.13. The van der Waals surface area contributed by atoms with Gasteiger partial charge in [0.2, 0.25) is 0 Å². The molecule has 0 atom stereocenters. The smallest absolute Gasteiger partial charge is 0.254 e. The Morgan fingerprint density at radius 3 is 2.76 bits per heavy atom. The molecular formula is C12H15FN2O2. The molecule has 1 aromatic rings. The molecule has 0 aliphatic carbocycles. The van der Waals surface area contributed by atoms with Crippen LogP contribution >= 0.6 is 0 Å². The molecule has 2 rings (SSSR count). The third-order valence-electron chi connectivity index (χ3n) is 3.03. The van der Waals surface area contributed by atoms with Crippen molar-refractivity contribution in [3.05, 3.63) is 29.6 Å². The summed E-state index contributed by atoms with van der Waals surface area (Å²) in [7, 11) is 3.13. The maximum absolute atomic E-state index is 13.2. The van der Waals surface area contributed by atoms with Crippen LogP contribution in [-0.2, 0) is 0 Å². The van der Waals surface area contributed by atoms with Crippen molar-refractivity contribution in [2.24, 2.45) is 0 Å². The number of methoxy groups -OCH3 is 1. The summed E-state index contributed by atoms with van der Waals surface area (Å²) in [6.45, 7) is 1.61. The van der Waals surface area contributed by atoms with E-state index in [1.165, 1.54) is 25.3 Å². The Hall–Kier alpha value is -1.62. The minimum Gasteiger partial charge on any atom is -0.494 e. The van der Waals surface area contributed by atoms with Crippen LogP contribution in [0.15, 0.2) is 18.2 Å². The van der Waals surface area contributed by atoms with Crippen molar-refractivity contribution in [2.45, 2.75) is 6.04 Å². The van der Waals surface area contributed by atoms with Gasteiger partial charge in [0, 0.05) is 25.7 Å². The Balaban J connectivity index is 2.18. The van der Waals surface area contributed by atoms with Gasteiger partial charge in [-0.1, -0.05) is 0 Å². The summed E-state index contributed by atoms with van der Waals surface area (Å²) < 4.78 is 18.1. The van der Waals surface area contributed by atoms with E-state index in [-0.39, 0.29) is 17.7 Å². The molecule has 1 heterocycles. The quantitative estimate of drug-likeness (QED) is 0.850. The van der Waals surface area contributed by atoms with Gasteiger partial charge in [0.25, 0.3) is 5.91 Å². The second kappa shape index (κ2) is 4.71. The van der Waals surface area contributed by atoms with Gasteiger partial charge in [0.05, 0.1) is 13.2 Å². The number of ether oxygens (including phenoxy) is 1. The molecule has 0 aromatic heterocycles. The monoisotopic (exact) mass is 238 g/mol. The number of benzene rings is 1. The molecule has 4 nitrogen and oxygen atoms in total. The number of carbonyl (C=O) groups is 1. The second-order valence-corrected chi connectivity index (χ2v) is 4.08. The SMILES string of the molecule is COc1cc(C(=O)N(C)C2CNC2)ccc1F. The molecule has 0 bridgehead atoms. The Kier molecular flexibility index (Phi) is 3.28. The maximum atomic E-state index is 13.2. The lowest BCUT2D eigenvalue weighted by Gasteiger charge is -2.35. The average Bonchev–Trinajstić information content (AvgIpc) is 2.26. The van der Waals surface area contributed by atoms with Gasteiger partial charge in [-0.05, 0) is 18.2 Å². The van der Waals surface area contributed by atoms with Crippen molar-refractivity contribution in [3.63, 3.8) is 0 Å². The maximum Gasteiger partial charge on any atom is 0.254 e. The van der Waals surface area contributed by atoms with E-state index < -0.39 is 5.82 Å². The Labute approximate surface area is 99.4 Å². The van der Waals surface area contributed by atoms with Crippen molar-refractivity contribution in [1.82, 2.24) is 10.2 Å². The number of rotatable bonds is 3. The van der Waals surface area contributed by atoms with E-state index in [9.17, 15) is 9.18 Å². The van der Waals surface area contributed by atoms with Gasteiger partial charge in [-0.3, -0.25) is 4.79 Å². The molecule has 1 aliphatic rings. The molecule has 1 aliphatic heterocycles. The fourth-order valence-electron chi connectivity index (χ4n) is 1.71. The van der Waals surface area contributed by atoms with Gasteiger partial charge >= 0.3 is 0 Å². The van der Waals surface area contributed by atoms with Gasteiger partial charge < -0.3 is 15.0 Å². The lowest BCUT2D eigenvalue weighted by atomic mass is 10.1. The number of halogens is 1. The summed E-state index contributed by atoms with van der Waals surface area (Å²) in [4.78, 5) is 13.7. The molecule has 92 valence electrons. The van der Waals surface area contributed by atoms with Crippen molar-refractivity contribution in [3.8, 4) is 5.75 Å². The van der Waals surface area contributed by atoms with Crippen molar-refractivity contribution >= 4 is 5.91 Å². The van der Waals surface area contributed by atoms with Crippen LogP contribution in [0.1, 0.15) is 10.4 Å². The number of likely N-dealkylation sites (N-methyl/N-ethyl adjacent to an activating group) is 1. The molecule has 1 aromatic carbocycles. The van der Waals surface area contributed by atoms with Crippen LogP contribution < -0.4 is 10.1 Å². The Morgan fingerprint density at radius 2 is 2.24 bits per heavy atom. The molecule has 1 fully saturated rings. The first-order valence-electron chi connectivity index (χ1n) is 5.45. The lowest BCUT2D eigenvalue weighted by molar-refractivity contribution is 0.0680. The van der Waals surface area contributed by atoms with Gasteiger partial charge in [-0.25, -0.2) is 4.39 Å². The number of hydrogen-bond donors (Lipinski definition) is 1.